The van der Waals surface area contributed by atoms with Gasteiger partial charge in [-0.3, -0.25) is 0 Å². The average Bonchev–Trinajstić information content (AvgIpc) is 2.82. The lowest BCUT2D eigenvalue weighted by Gasteiger charge is -2.22. The van der Waals surface area contributed by atoms with Crippen LogP contribution in [0.25, 0.3) is 0 Å². The fourth-order valence-electron chi connectivity index (χ4n) is 3.21. The Hall–Kier alpha value is 0. The molecule has 2 saturated carbocycles. The molecule has 0 nitrogen and oxygen atoms in total. The van der Waals surface area contributed by atoms with Crippen LogP contribution in [0.1, 0.15) is 64.7 Å². The molecular weight excluding hydrogens is 156 g/mol. The normalized spacial score (nSPS) is 26.5. The van der Waals surface area contributed by atoms with Gasteiger partial charge in [-0.1, -0.05) is 45.4 Å². The number of hydrogen-bond acceptors (Lipinski definition) is 0. The number of rotatable bonds is 5. The summed E-state index contributed by atoms with van der Waals surface area (Å²) in [5.41, 5.74) is 0. The lowest BCUT2D eigenvalue weighted by Crippen LogP contribution is -2.13. The molecule has 13 heavy (non-hydrogen) atoms. The molecule has 0 bridgehead atoms. The minimum absolute atomic E-state index is 1.14. The lowest BCUT2D eigenvalue weighted by molar-refractivity contribution is 0.275. The van der Waals surface area contributed by atoms with Crippen molar-refractivity contribution in [2.45, 2.75) is 64.7 Å². The molecular formula is C13H24. The number of hydrogen-bond donors (Lipinski definition) is 0. The summed E-state index contributed by atoms with van der Waals surface area (Å²) in [6, 6.07) is 0. The highest BCUT2D eigenvalue weighted by Gasteiger charge is 2.36. The van der Waals surface area contributed by atoms with Crippen molar-refractivity contribution in [2.75, 3.05) is 0 Å². The van der Waals surface area contributed by atoms with Gasteiger partial charge in [-0.25, -0.2) is 0 Å². The maximum absolute atomic E-state index is 2.33. The molecule has 2 aliphatic rings. The first kappa shape index (κ1) is 9.55. The lowest BCUT2D eigenvalue weighted by atomic mass is 9.83. The Morgan fingerprint density at radius 2 is 1.62 bits per heavy atom. The molecule has 0 amide bonds. The van der Waals surface area contributed by atoms with E-state index in [2.05, 4.69) is 6.92 Å². The molecule has 1 atom stereocenters. The molecule has 76 valence electrons. The van der Waals surface area contributed by atoms with Crippen molar-refractivity contribution < 1.29 is 0 Å². The van der Waals surface area contributed by atoms with Crippen LogP contribution in [0.5, 0.6) is 0 Å². The zero-order valence-corrected chi connectivity index (χ0v) is 9.10. The standard InChI is InChI=1S/C13H24/c1-2-3-8-13(12-9-10-12)11-6-4-5-7-11/h11-13H,2-10H2,1H3. The summed E-state index contributed by atoms with van der Waals surface area (Å²) in [4.78, 5) is 0. The third-order valence-corrected chi connectivity index (χ3v) is 4.12. The molecule has 2 aliphatic carbocycles. The Bertz CT molecular complexity index is 140. The van der Waals surface area contributed by atoms with Gasteiger partial charge in [0.05, 0.1) is 0 Å². The van der Waals surface area contributed by atoms with Crippen molar-refractivity contribution in [3.8, 4) is 0 Å². The van der Waals surface area contributed by atoms with E-state index in [4.69, 9.17) is 0 Å². The van der Waals surface area contributed by atoms with Gasteiger partial charge in [-0.15, -0.1) is 0 Å². The van der Waals surface area contributed by atoms with Crippen LogP contribution in [0.2, 0.25) is 0 Å². The molecule has 0 aliphatic heterocycles. The SMILES string of the molecule is CCCCC(C1CCCC1)C1CC1. The monoisotopic (exact) mass is 180 g/mol. The third kappa shape index (κ3) is 2.48. The van der Waals surface area contributed by atoms with Gasteiger partial charge in [0.25, 0.3) is 0 Å². The maximum Gasteiger partial charge on any atom is -0.0357 e. The van der Waals surface area contributed by atoms with Gasteiger partial charge in [0.2, 0.25) is 0 Å². The minimum Gasteiger partial charge on any atom is -0.0654 e. The van der Waals surface area contributed by atoms with Crippen molar-refractivity contribution in [3.63, 3.8) is 0 Å². The molecule has 0 heteroatoms. The van der Waals surface area contributed by atoms with Gasteiger partial charge in [-0.2, -0.15) is 0 Å². The van der Waals surface area contributed by atoms with Gasteiger partial charge in [-0.05, 0) is 37.0 Å². The molecule has 0 aromatic carbocycles. The first-order valence-electron chi connectivity index (χ1n) is 6.42. The largest absolute Gasteiger partial charge is 0.0654 e. The molecule has 0 aromatic rings. The average molecular weight is 180 g/mol. The summed E-state index contributed by atoms with van der Waals surface area (Å²) in [6.07, 6.45) is 13.7. The zero-order valence-electron chi connectivity index (χ0n) is 9.10. The van der Waals surface area contributed by atoms with Crippen LogP contribution in [-0.4, -0.2) is 0 Å². The quantitative estimate of drug-likeness (QED) is 0.588. The van der Waals surface area contributed by atoms with Crippen LogP contribution in [-0.2, 0) is 0 Å². The summed E-state index contributed by atoms with van der Waals surface area (Å²) < 4.78 is 0. The van der Waals surface area contributed by atoms with E-state index in [1.807, 2.05) is 0 Å². The predicted octanol–water partition coefficient (Wildman–Crippen LogP) is 4.39. The summed E-state index contributed by atoms with van der Waals surface area (Å²) in [7, 11) is 0. The fraction of sp³-hybridized carbons (Fsp3) is 1.00. The Balaban J connectivity index is 1.80. The summed E-state index contributed by atoms with van der Waals surface area (Å²) >= 11 is 0. The van der Waals surface area contributed by atoms with Crippen molar-refractivity contribution >= 4 is 0 Å². The van der Waals surface area contributed by atoms with Crippen LogP contribution in [0.4, 0.5) is 0 Å². The molecule has 0 spiro atoms. The maximum atomic E-state index is 2.33. The molecule has 0 heterocycles. The Kier molecular flexibility index (Phi) is 3.29. The first-order chi connectivity index (χ1) is 6.42. The zero-order chi connectivity index (χ0) is 9.10. The van der Waals surface area contributed by atoms with E-state index >= 15 is 0 Å². The van der Waals surface area contributed by atoms with Gasteiger partial charge in [0, 0.05) is 0 Å². The number of unbranched alkanes of at least 4 members (excludes halogenated alkanes) is 1. The van der Waals surface area contributed by atoms with Gasteiger partial charge in [0.1, 0.15) is 0 Å². The molecule has 0 N–H and O–H groups in total. The van der Waals surface area contributed by atoms with Gasteiger partial charge in [0.15, 0.2) is 0 Å². The van der Waals surface area contributed by atoms with Crippen molar-refractivity contribution in [1.82, 2.24) is 0 Å². The summed E-state index contributed by atoms with van der Waals surface area (Å²) in [6.45, 7) is 2.33. The topological polar surface area (TPSA) is 0 Å². The van der Waals surface area contributed by atoms with Crippen LogP contribution in [0.3, 0.4) is 0 Å². The predicted molar refractivity (Wildman–Crippen MR) is 57.7 cm³/mol. The van der Waals surface area contributed by atoms with Gasteiger partial charge >= 0.3 is 0 Å². The molecule has 2 rings (SSSR count). The van der Waals surface area contributed by atoms with Crippen LogP contribution in [0.15, 0.2) is 0 Å². The molecule has 2 fully saturated rings. The Morgan fingerprint density at radius 3 is 2.15 bits per heavy atom. The third-order valence-electron chi connectivity index (χ3n) is 4.12. The van der Waals surface area contributed by atoms with Crippen molar-refractivity contribution in [3.05, 3.63) is 0 Å². The minimum atomic E-state index is 1.14. The van der Waals surface area contributed by atoms with E-state index in [9.17, 15) is 0 Å². The molecule has 0 saturated heterocycles. The van der Waals surface area contributed by atoms with E-state index < -0.39 is 0 Å². The van der Waals surface area contributed by atoms with Crippen LogP contribution < -0.4 is 0 Å². The molecule has 0 radical (unpaired) electrons. The second-order valence-corrected chi connectivity index (χ2v) is 5.19. The summed E-state index contributed by atoms with van der Waals surface area (Å²) in [5.74, 6) is 3.44. The Labute approximate surface area is 83.1 Å². The highest BCUT2D eigenvalue weighted by Crippen LogP contribution is 2.47. The molecule has 0 aromatic heterocycles. The fourth-order valence-corrected chi connectivity index (χ4v) is 3.21. The highest BCUT2D eigenvalue weighted by atomic mass is 14.4. The Morgan fingerprint density at radius 1 is 1.00 bits per heavy atom. The van der Waals surface area contributed by atoms with E-state index in [0.717, 1.165) is 17.8 Å². The van der Waals surface area contributed by atoms with Gasteiger partial charge < -0.3 is 0 Å². The second kappa shape index (κ2) is 4.48. The van der Waals surface area contributed by atoms with E-state index in [1.165, 1.54) is 25.7 Å². The van der Waals surface area contributed by atoms with Crippen LogP contribution in [0, 0.1) is 17.8 Å². The highest BCUT2D eigenvalue weighted by molar-refractivity contribution is 4.87. The van der Waals surface area contributed by atoms with E-state index in [-0.39, 0.29) is 0 Å². The van der Waals surface area contributed by atoms with Crippen molar-refractivity contribution in [1.29, 1.82) is 0 Å². The molecule has 1 unspecified atom stereocenters. The van der Waals surface area contributed by atoms with Crippen LogP contribution >= 0.6 is 0 Å². The smallest absolute Gasteiger partial charge is 0.0357 e. The summed E-state index contributed by atoms with van der Waals surface area (Å²) in [5, 5.41) is 0. The van der Waals surface area contributed by atoms with Crippen molar-refractivity contribution in [2.24, 2.45) is 17.8 Å². The second-order valence-electron chi connectivity index (χ2n) is 5.19. The van der Waals surface area contributed by atoms with E-state index in [1.54, 1.807) is 32.1 Å². The van der Waals surface area contributed by atoms with E-state index in [0.29, 0.717) is 0 Å². The first-order valence-corrected chi connectivity index (χ1v) is 6.42.